The third-order valence-corrected chi connectivity index (χ3v) is 7.73. The van der Waals surface area contributed by atoms with E-state index < -0.39 is 12.6 Å². The monoisotopic (exact) mass is 769 g/mol. The van der Waals surface area contributed by atoms with Gasteiger partial charge in [0.1, 0.15) is 0 Å². The molecule has 0 saturated carbocycles. The number of hydrogen-bond acceptors (Lipinski definition) is 3. The molecule has 0 spiro atoms. The van der Waals surface area contributed by atoms with E-state index in [0.717, 1.165) is 64.2 Å². The summed E-state index contributed by atoms with van der Waals surface area (Å²) in [6.45, 7) is 12.1. The van der Waals surface area contributed by atoms with Gasteiger partial charge in [0.2, 0.25) is 0 Å². The van der Waals surface area contributed by atoms with Crippen LogP contribution < -0.4 is 0 Å². The second kappa shape index (κ2) is 16.2. The SMILES string of the molecule is CCC(CC)C(=O)C=C(O)C(CC)CC.Cc1[c-]c(-c2nccc3cc(CC(F)(F)F)c4ccccc4c23)cc(C)c1.[Ir]. The predicted molar refractivity (Wildman–Crippen MR) is 167 cm³/mol. The Morgan fingerprint density at radius 2 is 1.53 bits per heavy atom. The zero-order chi connectivity index (χ0) is 31.0. The Kier molecular flexibility index (Phi) is 13.6. The van der Waals surface area contributed by atoms with Crippen molar-refractivity contribution in [2.24, 2.45) is 11.8 Å². The van der Waals surface area contributed by atoms with Crippen LogP contribution in [0.15, 0.2) is 66.6 Å². The van der Waals surface area contributed by atoms with E-state index in [1.165, 1.54) is 6.08 Å². The van der Waals surface area contributed by atoms with Gasteiger partial charge in [-0.05, 0) is 64.6 Å². The van der Waals surface area contributed by atoms with E-state index in [1.54, 1.807) is 30.5 Å². The summed E-state index contributed by atoms with van der Waals surface area (Å²) in [6.07, 6.45) is 1.35. The molecule has 1 heterocycles. The first-order valence-corrected chi connectivity index (χ1v) is 14.7. The van der Waals surface area contributed by atoms with Crippen LogP contribution in [0.3, 0.4) is 0 Å². The van der Waals surface area contributed by atoms with Crippen molar-refractivity contribution < 1.29 is 43.2 Å². The third kappa shape index (κ3) is 9.48. The van der Waals surface area contributed by atoms with Crippen LogP contribution in [0.4, 0.5) is 13.2 Å². The molecule has 1 aromatic heterocycles. The molecule has 0 bridgehead atoms. The average Bonchev–Trinajstić information content (AvgIpc) is 2.93. The number of fused-ring (bicyclic) bond motifs is 3. The fourth-order valence-electron chi connectivity index (χ4n) is 5.50. The van der Waals surface area contributed by atoms with E-state index in [-0.39, 0.29) is 49.0 Å². The Balaban J connectivity index is 0.000000348. The molecule has 0 amide bonds. The molecule has 1 radical (unpaired) electrons. The first-order valence-electron chi connectivity index (χ1n) is 14.7. The number of aliphatic hydroxyl groups is 1. The summed E-state index contributed by atoms with van der Waals surface area (Å²) < 4.78 is 39.3. The largest absolute Gasteiger partial charge is 0.512 e. The van der Waals surface area contributed by atoms with Gasteiger partial charge in [-0.1, -0.05) is 71.9 Å². The summed E-state index contributed by atoms with van der Waals surface area (Å²) in [5.74, 6) is 0.547. The summed E-state index contributed by atoms with van der Waals surface area (Å²) in [5.41, 5.74) is 3.98. The number of hydrogen-bond donors (Lipinski definition) is 1. The molecule has 43 heavy (non-hydrogen) atoms. The first kappa shape index (κ1) is 36.2. The number of halogens is 3. The second-order valence-corrected chi connectivity index (χ2v) is 10.9. The summed E-state index contributed by atoms with van der Waals surface area (Å²) in [6, 6.07) is 18.0. The average molecular weight is 769 g/mol. The van der Waals surface area contributed by atoms with Crippen LogP contribution in [0.2, 0.25) is 0 Å². The fraction of sp³-hybridized carbons (Fsp3) is 0.389. The Bertz CT molecular complexity index is 1530. The van der Waals surface area contributed by atoms with Crippen LogP contribution in [0.5, 0.6) is 0 Å². The van der Waals surface area contributed by atoms with E-state index in [4.69, 9.17) is 0 Å². The number of aromatic nitrogens is 1. The quantitative estimate of drug-likeness (QED) is 0.0799. The molecular formula is C36H41F3IrNO2-. The molecular weight excluding hydrogens is 728 g/mol. The number of allylic oxidation sites excluding steroid dienone is 2. The van der Waals surface area contributed by atoms with E-state index in [9.17, 15) is 23.1 Å². The zero-order valence-corrected chi connectivity index (χ0v) is 28.1. The maximum Gasteiger partial charge on any atom is 0.393 e. The molecule has 0 unspecified atom stereocenters. The van der Waals surface area contributed by atoms with Crippen LogP contribution in [0, 0.1) is 31.7 Å². The summed E-state index contributed by atoms with van der Waals surface area (Å²) in [4.78, 5) is 16.3. The Hall–Kier alpha value is -3.02. The normalized spacial score (nSPS) is 11.9. The van der Waals surface area contributed by atoms with E-state index in [2.05, 4.69) is 11.1 Å². The van der Waals surface area contributed by atoms with Gasteiger partial charge in [-0.2, -0.15) is 13.2 Å². The summed E-state index contributed by atoms with van der Waals surface area (Å²) in [7, 11) is 0. The van der Waals surface area contributed by atoms with Gasteiger partial charge < -0.3 is 10.1 Å². The molecule has 0 atom stereocenters. The number of pyridine rings is 1. The first-order chi connectivity index (χ1) is 19.9. The summed E-state index contributed by atoms with van der Waals surface area (Å²) in [5, 5.41) is 12.8. The van der Waals surface area contributed by atoms with Gasteiger partial charge >= 0.3 is 6.18 Å². The molecule has 7 heteroatoms. The number of aryl methyl sites for hydroxylation is 2. The van der Waals surface area contributed by atoms with Gasteiger partial charge in [-0.25, -0.2) is 0 Å². The standard InChI is InChI=1S/C23H17F3N.C13H24O2.Ir/c1-14-9-15(2)11-17(10-14)22-21-16(7-8-27-22)12-18(13-23(24,25)26)19-5-3-4-6-20(19)21;1-5-10(6-2)12(14)9-13(15)11(7-3)8-4;/h3-10,12H,13H2,1-2H3;9-11,14H,5-8H2,1-4H3;/q-1;;. The van der Waals surface area contributed by atoms with E-state index in [1.807, 2.05) is 65.8 Å². The van der Waals surface area contributed by atoms with Crippen LogP contribution in [0.1, 0.15) is 70.1 Å². The van der Waals surface area contributed by atoms with Gasteiger partial charge in [0.15, 0.2) is 5.78 Å². The van der Waals surface area contributed by atoms with E-state index in [0.29, 0.717) is 5.39 Å². The fourth-order valence-corrected chi connectivity index (χ4v) is 5.50. The van der Waals surface area contributed by atoms with Crippen molar-refractivity contribution in [3.8, 4) is 11.3 Å². The van der Waals surface area contributed by atoms with Crippen molar-refractivity contribution in [2.75, 3.05) is 0 Å². The Morgan fingerprint density at radius 3 is 2.09 bits per heavy atom. The smallest absolute Gasteiger partial charge is 0.393 e. The van der Waals surface area contributed by atoms with Crippen LogP contribution in [-0.2, 0) is 31.3 Å². The predicted octanol–water partition coefficient (Wildman–Crippen LogP) is 10.4. The topological polar surface area (TPSA) is 50.2 Å². The minimum atomic E-state index is -4.26. The number of carbonyl (C=O) groups excluding carboxylic acids is 1. The van der Waals surface area contributed by atoms with Crippen molar-refractivity contribution in [1.82, 2.24) is 4.98 Å². The van der Waals surface area contributed by atoms with Crippen LogP contribution in [0.25, 0.3) is 32.8 Å². The number of rotatable bonds is 9. The Labute approximate surface area is 267 Å². The van der Waals surface area contributed by atoms with Gasteiger partial charge in [-0.15, -0.1) is 34.9 Å². The molecule has 0 aliphatic rings. The number of ketones is 1. The van der Waals surface area contributed by atoms with Gasteiger partial charge in [0.25, 0.3) is 0 Å². The molecule has 1 N–H and O–H groups in total. The van der Waals surface area contributed by atoms with Gasteiger partial charge in [0.05, 0.1) is 12.2 Å². The molecule has 0 saturated heterocycles. The molecule has 4 rings (SSSR count). The maximum atomic E-state index is 13.1. The van der Waals surface area contributed by atoms with E-state index >= 15 is 0 Å². The number of benzene rings is 3. The molecule has 0 fully saturated rings. The van der Waals surface area contributed by atoms with Crippen molar-refractivity contribution >= 4 is 27.3 Å². The molecule has 3 aromatic carbocycles. The van der Waals surface area contributed by atoms with Crippen LogP contribution in [-0.4, -0.2) is 22.1 Å². The van der Waals surface area contributed by atoms with Crippen molar-refractivity contribution in [3.63, 3.8) is 0 Å². The number of nitrogens with zero attached hydrogens (tertiary/aromatic N) is 1. The molecule has 233 valence electrons. The zero-order valence-electron chi connectivity index (χ0n) is 25.7. The molecule has 0 aliphatic heterocycles. The molecule has 0 aliphatic carbocycles. The van der Waals surface area contributed by atoms with Gasteiger partial charge in [0, 0.05) is 44.2 Å². The third-order valence-electron chi connectivity index (χ3n) is 7.73. The number of carbonyl (C=O) groups is 1. The van der Waals surface area contributed by atoms with Crippen LogP contribution >= 0.6 is 0 Å². The summed E-state index contributed by atoms with van der Waals surface area (Å²) >= 11 is 0. The second-order valence-electron chi connectivity index (χ2n) is 10.9. The number of aliphatic hydroxyl groups excluding tert-OH is 1. The number of alkyl halides is 3. The maximum absolute atomic E-state index is 13.1. The van der Waals surface area contributed by atoms with Crippen molar-refractivity contribution in [2.45, 2.75) is 79.8 Å². The minimum absolute atomic E-state index is 0. The van der Waals surface area contributed by atoms with Crippen molar-refractivity contribution in [3.05, 3.63) is 89.3 Å². The van der Waals surface area contributed by atoms with Crippen molar-refractivity contribution in [1.29, 1.82) is 0 Å². The Morgan fingerprint density at radius 1 is 0.930 bits per heavy atom. The molecule has 3 nitrogen and oxygen atoms in total. The van der Waals surface area contributed by atoms with Gasteiger partial charge in [-0.3, -0.25) is 4.79 Å². The minimum Gasteiger partial charge on any atom is -0.512 e. The molecule has 4 aromatic rings.